The Kier molecular flexibility index (Phi) is 6.15. The molecule has 0 amide bonds. The molecule has 0 saturated carbocycles. The van der Waals surface area contributed by atoms with Gasteiger partial charge >= 0.3 is 0 Å². The van der Waals surface area contributed by atoms with Crippen molar-refractivity contribution in [3.8, 4) is 0 Å². The van der Waals surface area contributed by atoms with Gasteiger partial charge in [-0.15, -0.1) is 5.10 Å². The van der Waals surface area contributed by atoms with E-state index >= 15 is 0 Å². The molecule has 0 atom stereocenters. The van der Waals surface area contributed by atoms with Crippen LogP contribution in [0.15, 0.2) is 34.3 Å². The standard InChI is InChI=1S/C10H15N3O2S.ClH/c1-9-4-6-10(7-5-9)16(14,15)12-11-8-13(2)3;/h4-8,12H,1-3H3;1H/b11-8+;. The summed E-state index contributed by atoms with van der Waals surface area (Å²) in [5, 5.41) is 3.64. The lowest BCUT2D eigenvalue weighted by molar-refractivity contribution is -0.750. The Morgan fingerprint density at radius 3 is 2.24 bits per heavy atom. The molecule has 1 rings (SSSR count). The van der Waals surface area contributed by atoms with Crippen LogP contribution in [0.1, 0.15) is 5.56 Å². The molecule has 0 aliphatic heterocycles. The first kappa shape index (κ1) is 15.9. The van der Waals surface area contributed by atoms with Crippen LogP contribution in [-0.4, -0.2) is 28.9 Å². The molecule has 1 aromatic rings. The minimum Gasteiger partial charge on any atom is -1.00 e. The first-order valence-corrected chi connectivity index (χ1v) is 6.32. The average Bonchev–Trinajstić information content (AvgIpc) is 2.17. The second kappa shape index (κ2) is 6.58. The Bertz CT molecular complexity index is 469. The van der Waals surface area contributed by atoms with Gasteiger partial charge in [0.2, 0.25) is 6.34 Å². The third-order valence-corrected chi connectivity index (χ3v) is 3.07. The van der Waals surface area contributed by atoms with Crippen molar-refractivity contribution >= 4 is 16.4 Å². The first-order valence-electron chi connectivity index (χ1n) is 4.83. The summed E-state index contributed by atoms with van der Waals surface area (Å²) < 4.78 is 23.4. The smallest absolute Gasteiger partial charge is 0.276 e. The summed E-state index contributed by atoms with van der Waals surface area (Å²) >= 11 is 0. The lowest BCUT2D eigenvalue weighted by Crippen LogP contribution is -3.04. The maximum Gasteiger partial charge on any atom is 0.276 e. The van der Waals surface area contributed by atoms with Crippen LogP contribution in [-0.2, 0) is 10.0 Å². The van der Waals surface area contributed by atoms with Crippen LogP contribution in [0.4, 0.5) is 0 Å². The van der Waals surface area contributed by atoms with E-state index in [0.717, 1.165) is 10.5 Å². The van der Waals surface area contributed by atoms with Crippen molar-refractivity contribution in [1.82, 2.24) is 4.83 Å². The van der Waals surface area contributed by atoms with Crippen LogP contribution in [0.3, 0.4) is 0 Å². The summed E-state index contributed by atoms with van der Waals surface area (Å²) in [6, 6.07) is 6.59. The molecule has 96 valence electrons. The third-order valence-electron chi connectivity index (χ3n) is 1.83. The minimum atomic E-state index is -3.53. The Balaban J connectivity index is 0.00000256. The fourth-order valence-electron chi connectivity index (χ4n) is 0.995. The lowest BCUT2D eigenvalue weighted by atomic mass is 10.2. The molecule has 0 unspecified atom stereocenters. The monoisotopic (exact) mass is 277 g/mol. The van der Waals surface area contributed by atoms with Gasteiger partial charge in [-0.3, -0.25) is 4.90 Å². The van der Waals surface area contributed by atoms with Crippen molar-refractivity contribution < 1.29 is 25.7 Å². The molecular weight excluding hydrogens is 262 g/mol. The summed E-state index contributed by atoms with van der Waals surface area (Å²) in [4.78, 5) is 3.28. The van der Waals surface area contributed by atoms with E-state index < -0.39 is 10.0 Å². The molecule has 0 radical (unpaired) electrons. The van der Waals surface area contributed by atoms with Crippen molar-refractivity contribution in [2.24, 2.45) is 5.10 Å². The number of rotatable bonds is 4. The number of nitrogens with zero attached hydrogens (tertiary/aromatic N) is 1. The van der Waals surface area contributed by atoms with E-state index in [2.05, 4.69) is 9.93 Å². The van der Waals surface area contributed by atoms with Gasteiger partial charge in [-0.1, -0.05) is 17.7 Å². The normalized spacial score (nSPS) is 11.5. The van der Waals surface area contributed by atoms with Gasteiger partial charge in [-0.05, 0) is 19.1 Å². The molecular formula is C10H16ClN3O2S. The maximum atomic E-state index is 11.7. The molecule has 0 aliphatic carbocycles. The predicted molar refractivity (Wildman–Crippen MR) is 62.8 cm³/mol. The number of aryl methyl sites for hydroxylation is 1. The zero-order valence-electron chi connectivity index (χ0n) is 9.94. The Morgan fingerprint density at radius 2 is 1.76 bits per heavy atom. The van der Waals surface area contributed by atoms with Crippen LogP contribution in [0.2, 0.25) is 0 Å². The van der Waals surface area contributed by atoms with Crippen LogP contribution < -0.4 is 22.1 Å². The number of hydrogen-bond acceptors (Lipinski definition) is 3. The fourth-order valence-corrected chi connectivity index (χ4v) is 1.79. The SMILES string of the molecule is Cc1ccc(S(=O)(=O)N/N=C/[NH+](C)C)cc1.[Cl-]. The molecule has 0 saturated heterocycles. The maximum absolute atomic E-state index is 11.7. The molecule has 0 aromatic heterocycles. The molecule has 0 aliphatic rings. The van der Waals surface area contributed by atoms with E-state index in [1.54, 1.807) is 24.3 Å². The van der Waals surface area contributed by atoms with E-state index in [0.29, 0.717) is 0 Å². The van der Waals surface area contributed by atoms with Gasteiger partial charge in [-0.2, -0.15) is 13.2 Å². The van der Waals surface area contributed by atoms with Gasteiger partial charge in [-0.25, -0.2) is 0 Å². The number of quaternary nitrogens is 1. The molecule has 0 spiro atoms. The van der Waals surface area contributed by atoms with Gasteiger partial charge in [0.1, 0.15) is 0 Å². The largest absolute Gasteiger partial charge is 1.00 e. The van der Waals surface area contributed by atoms with Crippen LogP contribution in [0.25, 0.3) is 0 Å². The quantitative estimate of drug-likeness (QED) is 0.339. The molecule has 5 nitrogen and oxygen atoms in total. The number of sulfonamides is 1. The van der Waals surface area contributed by atoms with Gasteiger partial charge in [0.15, 0.2) is 0 Å². The highest BCUT2D eigenvalue weighted by Crippen LogP contribution is 2.09. The van der Waals surface area contributed by atoms with Crippen molar-refractivity contribution in [2.45, 2.75) is 11.8 Å². The number of halogens is 1. The Morgan fingerprint density at radius 1 is 1.24 bits per heavy atom. The Labute approximate surface area is 108 Å². The highest BCUT2D eigenvalue weighted by molar-refractivity contribution is 7.89. The summed E-state index contributed by atoms with van der Waals surface area (Å²) in [5.74, 6) is 0. The number of nitrogens with one attached hydrogen (secondary N) is 2. The molecule has 1 aromatic carbocycles. The van der Waals surface area contributed by atoms with Crippen LogP contribution in [0.5, 0.6) is 0 Å². The van der Waals surface area contributed by atoms with Crippen molar-refractivity contribution in [3.05, 3.63) is 29.8 Å². The summed E-state index contributed by atoms with van der Waals surface area (Å²) in [6.07, 6.45) is 1.46. The summed E-state index contributed by atoms with van der Waals surface area (Å²) in [6.45, 7) is 1.90. The first-order chi connectivity index (χ1) is 7.42. The lowest BCUT2D eigenvalue weighted by Gasteiger charge is -2.03. The topological polar surface area (TPSA) is 63.0 Å². The second-order valence-corrected chi connectivity index (χ2v) is 5.40. The molecule has 2 N–H and O–H groups in total. The highest BCUT2D eigenvalue weighted by atomic mass is 35.5. The van der Waals surface area contributed by atoms with Crippen molar-refractivity contribution in [2.75, 3.05) is 14.1 Å². The van der Waals surface area contributed by atoms with Crippen molar-refractivity contribution in [3.63, 3.8) is 0 Å². The number of hydrazone groups is 1. The van der Waals surface area contributed by atoms with E-state index in [4.69, 9.17) is 0 Å². The van der Waals surface area contributed by atoms with Gasteiger partial charge < -0.3 is 12.4 Å². The van der Waals surface area contributed by atoms with Gasteiger partial charge in [0, 0.05) is 0 Å². The molecule has 17 heavy (non-hydrogen) atoms. The van der Waals surface area contributed by atoms with Gasteiger partial charge in [0.05, 0.1) is 19.0 Å². The zero-order valence-corrected chi connectivity index (χ0v) is 11.5. The summed E-state index contributed by atoms with van der Waals surface area (Å²) in [5.41, 5.74) is 1.01. The molecule has 0 fully saturated rings. The van der Waals surface area contributed by atoms with Crippen LogP contribution >= 0.6 is 0 Å². The minimum absolute atomic E-state index is 0. The zero-order chi connectivity index (χ0) is 12.2. The number of benzene rings is 1. The molecule has 0 bridgehead atoms. The van der Waals surface area contributed by atoms with E-state index in [9.17, 15) is 8.42 Å². The third kappa shape index (κ3) is 5.16. The Hall–Kier alpha value is -1.11. The summed E-state index contributed by atoms with van der Waals surface area (Å²) in [7, 11) is 0.140. The highest BCUT2D eigenvalue weighted by Gasteiger charge is 2.11. The fraction of sp³-hybridized carbons (Fsp3) is 0.300. The second-order valence-electron chi connectivity index (χ2n) is 3.74. The van der Waals surface area contributed by atoms with E-state index in [1.165, 1.54) is 6.34 Å². The van der Waals surface area contributed by atoms with Gasteiger partial charge in [0.25, 0.3) is 10.0 Å². The molecule has 7 heteroatoms. The average molecular weight is 278 g/mol. The van der Waals surface area contributed by atoms with E-state index in [-0.39, 0.29) is 17.3 Å². The predicted octanol–water partition coefficient (Wildman–Crippen LogP) is -3.63. The molecule has 0 heterocycles. The number of hydrogen-bond donors (Lipinski definition) is 2. The van der Waals surface area contributed by atoms with Crippen molar-refractivity contribution in [1.29, 1.82) is 0 Å². The van der Waals surface area contributed by atoms with Crippen LogP contribution in [0, 0.1) is 6.92 Å². The van der Waals surface area contributed by atoms with E-state index in [1.807, 2.05) is 21.0 Å².